The molecule has 1 heterocycles. The maximum Gasteiger partial charge on any atom is 0.336 e. The highest BCUT2D eigenvalue weighted by atomic mass is 16.7. The normalized spacial score (nSPS) is 32.6. The Kier molecular flexibility index (Phi) is 5.15. The first-order valence-corrected chi connectivity index (χ1v) is 6.28. The second-order valence-corrected chi connectivity index (χ2v) is 4.41. The van der Waals surface area contributed by atoms with E-state index in [-0.39, 0.29) is 5.92 Å². The predicted molar refractivity (Wildman–Crippen MR) is 64.7 cm³/mol. The van der Waals surface area contributed by atoms with Crippen molar-refractivity contribution >= 4 is 5.97 Å². The standard InChI is InChI=1S/C13H22O4/c1-4-6-9-13(12(14)15)10(3)7-8-11(17-13)16-5-2/h7-8,10-11H,4-6,9H2,1-3H3,(H,14,15). The summed E-state index contributed by atoms with van der Waals surface area (Å²) < 4.78 is 11.0. The summed E-state index contributed by atoms with van der Waals surface area (Å²) in [6, 6.07) is 0. The van der Waals surface area contributed by atoms with Crippen LogP contribution in [-0.4, -0.2) is 29.6 Å². The molecule has 3 unspecified atom stereocenters. The van der Waals surface area contributed by atoms with E-state index in [4.69, 9.17) is 9.47 Å². The van der Waals surface area contributed by atoms with E-state index < -0.39 is 17.9 Å². The fraction of sp³-hybridized carbons (Fsp3) is 0.769. The van der Waals surface area contributed by atoms with Crippen LogP contribution in [0.15, 0.2) is 12.2 Å². The third kappa shape index (κ3) is 3.07. The Bertz CT molecular complexity index is 287. The van der Waals surface area contributed by atoms with Crippen molar-refractivity contribution in [2.24, 2.45) is 5.92 Å². The van der Waals surface area contributed by atoms with Crippen molar-refractivity contribution in [3.05, 3.63) is 12.2 Å². The van der Waals surface area contributed by atoms with Gasteiger partial charge in [0.1, 0.15) is 0 Å². The number of carbonyl (C=O) groups is 1. The van der Waals surface area contributed by atoms with Crippen molar-refractivity contribution < 1.29 is 19.4 Å². The van der Waals surface area contributed by atoms with Crippen LogP contribution in [0.4, 0.5) is 0 Å². The predicted octanol–water partition coefficient (Wildman–Crippen LogP) is 2.59. The van der Waals surface area contributed by atoms with Crippen LogP contribution in [0.5, 0.6) is 0 Å². The summed E-state index contributed by atoms with van der Waals surface area (Å²) in [5.74, 6) is -1.03. The lowest BCUT2D eigenvalue weighted by atomic mass is 9.82. The smallest absolute Gasteiger partial charge is 0.336 e. The van der Waals surface area contributed by atoms with Crippen LogP contribution < -0.4 is 0 Å². The van der Waals surface area contributed by atoms with Gasteiger partial charge in [0.2, 0.25) is 0 Å². The van der Waals surface area contributed by atoms with Gasteiger partial charge in [0.05, 0.1) is 0 Å². The summed E-state index contributed by atoms with van der Waals surface area (Å²) in [5.41, 5.74) is -1.13. The topological polar surface area (TPSA) is 55.8 Å². The minimum absolute atomic E-state index is 0.136. The Labute approximate surface area is 103 Å². The second kappa shape index (κ2) is 6.17. The van der Waals surface area contributed by atoms with Crippen LogP contribution in [0.3, 0.4) is 0 Å². The van der Waals surface area contributed by atoms with Gasteiger partial charge in [-0.15, -0.1) is 0 Å². The first-order valence-electron chi connectivity index (χ1n) is 6.28. The summed E-state index contributed by atoms with van der Waals surface area (Å²) in [6.45, 7) is 6.29. The van der Waals surface area contributed by atoms with Crippen molar-refractivity contribution in [3.63, 3.8) is 0 Å². The number of hydrogen-bond acceptors (Lipinski definition) is 3. The lowest BCUT2D eigenvalue weighted by Gasteiger charge is -2.39. The van der Waals surface area contributed by atoms with E-state index in [1.807, 2.05) is 26.8 Å². The van der Waals surface area contributed by atoms with Crippen LogP contribution >= 0.6 is 0 Å². The fourth-order valence-electron chi connectivity index (χ4n) is 2.10. The Balaban J connectivity index is 2.87. The molecule has 4 heteroatoms. The van der Waals surface area contributed by atoms with E-state index in [1.165, 1.54) is 0 Å². The molecule has 17 heavy (non-hydrogen) atoms. The molecule has 0 radical (unpaired) electrons. The molecule has 3 atom stereocenters. The third-order valence-corrected chi connectivity index (χ3v) is 3.21. The Morgan fingerprint density at radius 1 is 1.47 bits per heavy atom. The second-order valence-electron chi connectivity index (χ2n) is 4.41. The van der Waals surface area contributed by atoms with Crippen molar-refractivity contribution in [2.75, 3.05) is 6.61 Å². The van der Waals surface area contributed by atoms with Crippen LogP contribution in [0.2, 0.25) is 0 Å². The average Bonchev–Trinajstić information content (AvgIpc) is 2.30. The van der Waals surface area contributed by atoms with Crippen molar-refractivity contribution in [1.29, 1.82) is 0 Å². The van der Waals surface area contributed by atoms with Crippen LogP contribution in [-0.2, 0) is 14.3 Å². The number of carboxylic acid groups (broad SMARTS) is 1. The third-order valence-electron chi connectivity index (χ3n) is 3.21. The SMILES string of the molecule is CCCCC1(C(=O)O)OC(OCC)C=CC1C. The lowest BCUT2D eigenvalue weighted by Crippen LogP contribution is -2.51. The van der Waals surface area contributed by atoms with Gasteiger partial charge >= 0.3 is 5.97 Å². The van der Waals surface area contributed by atoms with Gasteiger partial charge < -0.3 is 14.6 Å². The number of rotatable bonds is 6. The number of hydrogen-bond donors (Lipinski definition) is 1. The molecule has 0 saturated heterocycles. The summed E-state index contributed by atoms with van der Waals surface area (Å²) in [7, 11) is 0. The van der Waals surface area contributed by atoms with E-state index in [0.717, 1.165) is 12.8 Å². The van der Waals surface area contributed by atoms with Crippen molar-refractivity contribution in [3.8, 4) is 0 Å². The molecule has 1 N–H and O–H groups in total. The van der Waals surface area contributed by atoms with Gasteiger partial charge in [-0.3, -0.25) is 0 Å². The molecule has 1 rings (SSSR count). The highest BCUT2D eigenvalue weighted by molar-refractivity contribution is 5.78. The minimum atomic E-state index is -1.13. The first-order chi connectivity index (χ1) is 8.06. The molecule has 0 aromatic rings. The van der Waals surface area contributed by atoms with Crippen LogP contribution in [0.1, 0.15) is 40.0 Å². The molecule has 0 saturated carbocycles. The van der Waals surface area contributed by atoms with E-state index >= 15 is 0 Å². The average molecular weight is 242 g/mol. The van der Waals surface area contributed by atoms with Gasteiger partial charge in [-0.2, -0.15) is 0 Å². The monoisotopic (exact) mass is 242 g/mol. The molecule has 0 bridgehead atoms. The zero-order chi connectivity index (χ0) is 12.9. The van der Waals surface area contributed by atoms with Crippen molar-refractivity contribution in [1.82, 2.24) is 0 Å². The van der Waals surface area contributed by atoms with E-state index in [2.05, 4.69) is 0 Å². The minimum Gasteiger partial charge on any atom is -0.479 e. The van der Waals surface area contributed by atoms with E-state index in [9.17, 15) is 9.90 Å². The summed E-state index contributed by atoms with van der Waals surface area (Å²) >= 11 is 0. The zero-order valence-corrected chi connectivity index (χ0v) is 10.8. The molecule has 1 aliphatic rings. The van der Waals surface area contributed by atoms with E-state index in [1.54, 1.807) is 6.08 Å². The Hall–Kier alpha value is -0.870. The molecule has 0 spiro atoms. The Morgan fingerprint density at radius 3 is 2.71 bits per heavy atom. The molecule has 1 aliphatic heterocycles. The highest BCUT2D eigenvalue weighted by Gasteiger charge is 2.47. The van der Waals surface area contributed by atoms with Gasteiger partial charge in [0.25, 0.3) is 0 Å². The quantitative estimate of drug-likeness (QED) is 0.727. The molecule has 0 fully saturated rings. The molecule has 0 aromatic carbocycles. The van der Waals surface area contributed by atoms with Gasteiger partial charge in [-0.25, -0.2) is 4.79 Å². The summed E-state index contributed by atoms with van der Waals surface area (Å²) in [4.78, 5) is 11.5. The van der Waals surface area contributed by atoms with Crippen LogP contribution in [0.25, 0.3) is 0 Å². The maximum atomic E-state index is 11.5. The van der Waals surface area contributed by atoms with Gasteiger partial charge in [0, 0.05) is 12.5 Å². The maximum absolute atomic E-state index is 11.5. The van der Waals surface area contributed by atoms with Gasteiger partial charge in [-0.1, -0.05) is 32.8 Å². The van der Waals surface area contributed by atoms with Crippen LogP contribution in [0, 0.1) is 5.92 Å². The van der Waals surface area contributed by atoms with E-state index in [0.29, 0.717) is 13.0 Å². The fourth-order valence-corrected chi connectivity index (χ4v) is 2.10. The molecule has 4 nitrogen and oxygen atoms in total. The largest absolute Gasteiger partial charge is 0.479 e. The van der Waals surface area contributed by atoms with Gasteiger partial charge in [0.15, 0.2) is 11.9 Å². The number of ether oxygens (including phenoxy) is 2. The summed E-state index contributed by atoms with van der Waals surface area (Å²) in [5, 5.41) is 9.46. The number of unbranched alkanes of at least 4 members (excludes halogenated alkanes) is 1. The Morgan fingerprint density at radius 2 is 2.18 bits per heavy atom. The molecule has 0 amide bonds. The zero-order valence-electron chi connectivity index (χ0n) is 10.8. The number of aliphatic carboxylic acids is 1. The van der Waals surface area contributed by atoms with Gasteiger partial charge in [-0.05, 0) is 19.4 Å². The molecule has 98 valence electrons. The van der Waals surface area contributed by atoms with Crippen molar-refractivity contribution in [2.45, 2.75) is 51.9 Å². The number of carboxylic acids is 1. The highest BCUT2D eigenvalue weighted by Crippen LogP contribution is 2.35. The first kappa shape index (κ1) is 14.2. The molecule has 0 aromatic heterocycles. The molecule has 0 aliphatic carbocycles. The molecular weight excluding hydrogens is 220 g/mol. The summed E-state index contributed by atoms with van der Waals surface area (Å²) in [6.07, 6.45) is 5.45. The molecular formula is C13H22O4. The lowest BCUT2D eigenvalue weighted by molar-refractivity contribution is -0.221.